The van der Waals surface area contributed by atoms with E-state index in [0.29, 0.717) is 0 Å². The van der Waals surface area contributed by atoms with Gasteiger partial charge in [0.1, 0.15) is 0 Å². The number of nitrogens with zero attached hydrogens (tertiary/aromatic N) is 1. The number of hydrogen-bond donors (Lipinski definition) is 0. The Morgan fingerprint density at radius 1 is 0.818 bits per heavy atom. The molecule has 0 aromatic rings. The molecule has 1 nitrogen and oxygen atoms in total. The van der Waals surface area contributed by atoms with Crippen molar-refractivity contribution < 1.29 is 0 Å². The monoisotopic (exact) mass is 319 g/mol. The molecule has 2 heteroatoms. The molecule has 7 unspecified atom stereocenters. The first kappa shape index (κ1) is 15.7. The van der Waals surface area contributed by atoms with Crippen LogP contribution in [0, 0.1) is 29.6 Å². The number of rotatable bonds is 2. The summed E-state index contributed by atoms with van der Waals surface area (Å²) in [5, 5.41) is 0. The summed E-state index contributed by atoms with van der Waals surface area (Å²) in [5.41, 5.74) is 0. The van der Waals surface area contributed by atoms with Crippen molar-refractivity contribution in [2.24, 2.45) is 29.6 Å². The van der Waals surface area contributed by atoms with E-state index >= 15 is 0 Å². The molecule has 4 fully saturated rings. The second kappa shape index (κ2) is 5.62. The maximum atomic E-state index is 3.13. The molecule has 0 aromatic heterocycles. The van der Waals surface area contributed by atoms with E-state index in [1.807, 2.05) is 0 Å². The van der Waals surface area contributed by atoms with Crippen molar-refractivity contribution in [3.05, 3.63) is 0 Å². The Balaban J connectivity index is 1.67. The lowest BCUT2D eigenvalue weighted by Crippen LogP contribution is -2.50. The standard InChI is InChI=1S/C20H37NSi/c1-14-15-9-5-6-10-16(15)20-19(14)17-11-7-8-12-18(17)21(20)13-22(2,3)4/h14-20H,5-13H2,1-4H3. The fraction of sp³-hybridized carbons (Fsp3) is 1.00. The van der Waals surface area contributed by atoms with E-state index in [0.717, 1.165) is 41.7 Å². The molecule has 1 heterocycles. The molecular formula is C20H37NSi. The molecule has 3 aliphatic carbocycles. The van der Waals surface area contributed by atoms with Gasteiger partial charge in [-0.3, -0.25) is 4.90 Å². The Labute approximate surface area is 139 Å². The van der Waals surface area contributed by atoms with Crippen LogP contribution in [0.5, 0.6) is 0 Å². The van der Waals surface area contributed by atoms with Crippen LogP contribution in [-0.2, 0) is 0 Å². The van der Waals surface area contributed by atoms with Crippen LogP contribution in [0.3, 0.4) is 0 Å². The van der Waals surface area contributed by atoms with E-state index in [1.165, 1.54) is 38.3 Å². The first-order valence-electron chi connectivity index (χ1n) is 10.2. The molecule has 3 saturated carbocycles. The Morgan fingerprint density at radius 3 is 2.09 bits per heavy atom. The van der Waals surface area contributed by atoms with Crippen LogP contribution in [0.25, 0.3) is 0 Å². The highest BCUT2D eigenvalue weighted by molar-refractivity contribution is 6.76. The molecule has 22 heavy (non-hydrogen) atoms. The summed E-state index contributed by atoms with van der Waals surface area (Å²) >= 11 is 0. The molecule has 4 aliphatic rings. The van der Waals surface area contributed by atoms with Gasteiger partial charge >= 0.3 is 0 Å². The highest BCUT2D eigenvalue weighted by Gasteiger charge is 2.60. The molecule has 4 rings (SSSR count). The smallest absolute Gasteiger partial charge is 0.0599 e. The van der Waals surface area contributed by atoms with E-state index in [-0.39, 0.29) is 0 Å². The van der Waals surface area contributed by atoms with Gasteiger partial charge in [-0.1, -0.05) is 52.2 Å². The van der Waals surface area contributed by atoms with Gasteiger partial charge in [0, 0.05) is 12.1 Å². The van der Waals surface area contributed by atoms with Crippen molar-refractivity contribution in [1.82, 2.24) is 4.90 Å². The zero-order valence-corrected chi connectivity index (χ0v) is 16.4. The second-order valence-corrected chi connectivity index (χ2v) is 15.7. The lowest BCUT2D eigenvalue weighted by Gasteiger charge is -2.42. The van der Waals surface area contributed by atoms with Gasteiger partial charge in [-0.2, -0.15) is 0 Å². The molecule has 126 valence electrons. The minimum atomic E-state index is -1.01. The Hall–Kier alpha value is 0.177. The lowest BCUT2D eigenvalue weighted by atomic mass is 9.73. The molecule has 0 aromatic carbocycles. The van der Waals surface area contributed by atoms with Crippen molar-refractivity contribution in [3.8, 4) is 0 Å². The van der Waals surface area contributed by atoms with E-state index in [2.05, 4.69) is 31.5 Å². The van der Waals surface area contributed by atoms with Crippen LogP contribution in [0.2, 0.25) is 19.6 Å². The van der Waals surface area contributed by atoms with Gasteiger partial charge in [0.25, 0.3) is 0 Å². The summed E-state index contributed by atoms with van der Waals surface area (Å²) in [6, 6.07) is 1.96. The van der Waals surface area contributed by atoms with Crippen molar-refractivity contribution in [1.29, 1.82) is 0 Å². The summed E-state index contributed by atoms with van der Waals surface area (Å²) in [7, 11) is -1.01. The molecule has 1 saturated heterocycles. The normalized spacial score (nSPS) is 48.8. The van der Waals surface area contributed by atoms with E-state index in [4.69, 9.17) is 0 Å². The SMILES string of the molecule is CC1C2CCCCC2C2C1C1CCCCC1N2C[Si](C)(C)C. The third kappa shape index (κ3) is 2.44. The number of fused-ring (bicyclic) bond motifs is 5. The fourth-order valence-electron chi connectivity index (χ4n) is 7.25. The molecule has 0 N–H and O–H groups in total. The van der Waals surface area contributed by atoms with E-state index < -0.39 is 8.07 Å². The minimum Gasteiger partial charge on any atom is -0.299 e. The zero-order valence-electron chi connectivity index (χ0n) is 15.4. The Bertz CT molecular complexity index is 412. The zero-order chi connectivity index (χ0) is 15.5. The van der Waals surface area contributed by atoms with Crippen LogP contribution in [-0.4, -0.2) is 31.2 Å². The van der Waals surface area contributed by atoms with Crippen LogP contribution >= 0.6 is 0 Å². The third-order valence-electron chi connectivity index (χ3n) is 7.73. The molecule has 0 radical (unpaired) electrons. The van der Waals surface area contributed by atoms with Gasteiger partial charge in [0.15, 0.2) is 0 Å². The van der Waals surface area contributed by atoms with Gasteiger partial charge in [0.2, 0.25) is 0 Å². The Kier molecular flexibility index (Phi) is 4.01. The van der Waals surface area contributed by atoms with Crippen molar-refractivity contribution in [2.75, 3.05) is 6.17 Å². The quantitative estimate of drug-likeness (QED) is 0.634. The van der Waals surface area contributed by atoms with E-state index in [1.54, 1.807) is 19.3 Å². The predicted octanol–water partition coefficient (Wildman–Crippen LogP) is 5.18. The van der Waals surface area contributed by atoms with E-state index in [9.17, 15) is 0 Å². The van der Waals surface area contributed by atoms with Crippen LogP contribution in [0.15, 0.2) is 0 Å². The maximum Gasteiger partial charge on any atom is 0.0599 e. The highest BCUT2D eigenvalue weighted by Crippen LogP contribution is 2.60. The molecule has 1 aliphatic heterocycles. The summed E-state index contributed by atoms with van der Waals surface area (Å²) in [4.78, 5) is 3.13. The van der Waals surface area contributed by atoms with Crippen LogP contribution in [0.1, 0.15) is 58.3 Å². The maximum absolute atomic E-state index is 3.13. The van der Waals surface area contributed by atoms with Crippen LogP contribution in [0.4, 0.5) is 0 Å². The third-order valence-corrected chi connectivity index (χ3v) is 9.05. The van der Waals surface area contributed by atoms with Crippen molar-refractivity contribution >= 4 is 8.07 Å². The predicted molar refractivity (Wildman–Crippen MR) is 97.7 cm³/mol. The Morgan fingerprint density at radius 2 is 1.41 bits per heavy atom. The van der Waals surface area contributed by atoms with Gasteiger partial charge in [-0.05, 0) is 61.4 Å². The summed E-state index contributed by atoms with van der Waals surface area (Å²) in [6.07, 6.45) is 13.7. The summed E-state index contributed by atoms with van der Waals surface area (Å²) < 4.78 is 0. The first-order valence-corrected chi connectivity index (χ1v) is 13.9. The van der Waals surface area contributed by atoms with Gasteiger partial charge in [0.05, 0.1) is 8.07 Å². The van der Waals surface area contributed by atoms with Crippen molar-refractivity contribution in [3.63, 3.8) is 0 Å². The molecule has 0 bridgehead atoms. The topological polar surface area (TPSA) is 3.24 Å². The molecule has 7 atom stereocenters. The van der Waals surface area contributed by atoms with Gasteiger partial charge in [-0.25, -0.2) is 0 Å². The van der Waals surface area contributed by atoms with Crippen LogP contribution < -0.4 is 0 Å². The molecule has 0 spiro atoms. The lowest BCUT2D eigenvalue weighted by molar-refractivity contribution is 0.101. The minimum absolute atomic E-state index is 0.973. The molecular weight excluding hydrogens is 282 g/mol. The average molecular weight is 320 g/mol. The second-order valence-electron chi connectivity index (χ2n) is 10.3. The molecule has 0 amide bonds. The average Bonchev–Trinajstić information content (AvgIpc) is 2.94. The number of likely N-dealkylation sites (tertiary alicyclic amines) is 1. The number of hydrogen-bond acceptors (Lipinski definition) is 1. The van der Waals surface area contributed by atoms with Gasteiger partial charge in [-0.15, -0.1) is 0 Å². The fourth-order valence-corrected chi connectivity index (χ4v) is 8.79. The summed E-state index contributed by atoms with van der Waals surface area (Å²) in [6.45, 7) is 10.4. The van der Waals surface area contributed by atoms with Crippen molar-refractivity contribution in [2.45, 2.75) is 90.0 Å². The van der Waals surface area contributed by atoms with Gasteiger partial charge < -0.3 is 0 Å². The first-order chi connectivity index (χ1) is 10.5. The largest absolute Gasteiger partial charge is 0.299 e. The highest BCUT2D eigenvalue weighted by atomic mass is 28.3. The summed E-state index contributed by atoms with van der Waals surface area (Å²) in [5.74, 6) is 5.30.